The molecule has 108 valence electrons. The minimum absolute atomic E-state index is 0.193. The minimum Gasteiger partial charge on any atom is -0.481 e. The van der Waals surface area contributed by atoms with Crippen molar-refractivity contribution >= 4 is 5.97 Å². The maximum atomic E-state index is 11.1. The lowest BCUT2D eigenvalue weighted by Crippen LogP contribution is -2.34. The van der Waals surface area contributed by atoms with Crippen LogP contribution in [0.3, 0.4) is 0 Å². The Morgan fingerprint density at radius 2 is 2.05 bits per heavy atom. The van der Waals surface area contributed by atoms with Gasteiger partial charge in [-0.15, -0.1) is 0 Å². The summed E-state index contributed by atoms with van der Waals surface area (Å²) in [5.74, 6) is -0.573. The predicted molar refractivity (Wildman–Crippen MR) is 72.0 cm³/mol. The van der Waals surface area contributed by atoms with E-state index in [1.807, 2.05) is 6.92 Å². The van der Waals surface area contributed by atoms with E-state index in [1.54, 1.807) is 0 Å². The van der Waals surface area contributed by atoms with Crippen LogP contribution in [0, 0.1) is 11.8 Å². The fraction of sp³-hybridized carbons (Fsp3) is 0.933. The standard InChI is InChI=1S/C15H25NO3/c1-11-8-16(10-13(11)14(17)18)9-12-4-7-15(19-12)5-2-3-6-15/h11-13H,2-10H2,1H3,(H,17,18)/t11-,12?,13-/m1/s1. The van der Waals surface area contributed by atoms with Crippen molar-refractivity contribution in [3.63, 3.8) is 0 Å². The Hall–Kier alpha value is -0.610. The van der Waals surface area contributed by atoms with Crippen molar-refractivity contribution in [3.8, 4) is 0 Å². The lowest BCUT2D eigenvalue weighted by atomic mass is 9.98. The molecule has 4 heteroatoms. The highest BCUT2D eigenvalue weighted by molar-refractivity contribution is 5.71. The van der Waals surface area contributed by atoms with Crippen molar-refractivity contribution in [2.45, 2.75) is 57.2 Å². The van der Waals surface area contributed by atoms with Gasteiger partial charge in [-0.25, -0.2) is 0 Å². The van der Waals surface area contributed by atoms with E-state index in [0.717, 1.165) is 19.5 Å². The number of ether oxygens (including phenoxy) is 1. The quantitative estimate of drug-likeness (QED) is 0.851. The summed E-state index contributed by atoms with van der Waals surface area (Å²) in [4.78, 5) is 13.4. The Kier molecular flexibility index (Phi) is 3.56. The highest BCUT2D eigenvalue weighted by Gasteiger charge is 2.43. The van der Waals surface area contributed by atoms with Crippen molar-refractivity contribution in [2.75, 3.05) is 19.6 Å². The van der Waals surface area contributed by atoms with E-state index < -0.39 is 5.97 Å². The number of rotatable bonds is 3. The summed E-state index contributed by atoms with van der Waals surface area (Å²) in [6, 6.07) is 0. The molecule has 0 aromatic carbocycles. The molecule has 1 aliphatic carbocycles. The molecule has 1 unspecified atom stereocenters. The average molecular weight is 267 g/mol. The minimum atomic E-state index is -0.644. The molecule has 4 nitrogen and oxygen atoms in total. The molecule has 0 radical (unpaired) electrons. The van der Waals surface area contributed by atoms with Gasteiger partial charge in [0.25, 0.3) is 0 Å². The van der Waals surface area contributed by atoms with Gasteiger partial charge in [0.2, 0.25) is 0 Å². The summed E-state index contributed by atoms with van der Waals surface area (Å²) in [5, 5.41) is 9.17. The third-order valence-corrected chi connectivity index (χ3v) is 5.32. The van der Waals surface area contributed by atoms with Gasteiger partial charge in [-0.05, 0) is 31.6 Å². The molecule has 3 aliphatic rings. The highest BCUT2D eigenvalue weighted by Crippen LogP contribution is 2.43. The second kappa shape index (κ2) is 5.06. The molecule has 0 bridgehead atoms. The topological polar surface area (TPSA) is 49.8 Å². The molecular formula is C15H25NO3. The molecule has 0 aromatic rings. The number of likely N-dealkylation sites (tertiary alicyclic amines) is 1. The summed E-state index contributed by atoms with van der Waals surface area (Å²) in [6.45, 7) is 4.58. The molecule has 3 rings (SSSR count). The van der Waals surface area contributed by atoms with E-state index in [4.69, 9.17) is 4.74 Å². The summed E-state index contributed by atoms with van der Waals surface area (Å²) in [5.41, 5.74) is 0.197. The van der Waals surface area contributed by atoms with Crippen molar-refractivity contribution in [1.29, 1.82) is 0 Å². The zero-order valence-electron chi connectivity index (χ0n) is 11.8. The SMILES string of the molecule is C[C@@H]1CN(CC2CCC3(CCCC3)O2)C[C@H]1C(=O)O. The molecular weight excluding hydrogens is 242 g/mol. The Morgan fingerprint density at radius 3 is 2.68 bits per heavy atom. The molecule has 3 fully saturated rings. The van der Waals surface area contributed by atoms with Gasteiger partial charge in [-0.3, -0.25) is 9.69 Å². The van der Waals surface area contributed by atoms with E-state index in [2.05, 4.69) is 4.90 Å². The normalized spacial score (nSPS) is 38.3. The van der Waals surface area contributed by atoms with E-state index >= 15 is 0 Å². The van der Waals surface area contributed by atoms with Gasteiger partial charge in [-0.1, -0.05) is 19.8 Å². The van der Waals surface area contributed by atoms with Gasteiger partial charge in [0.1, 0.15) is 0 Å². The number of hydrogen-bond acceptors (Lipinski definition) is 3. The number of nitrogens with zero attached hydrogens (tertiary/aromatic N) is 1. The van der Waals surface area contributed by atoms with E-state index in [0.29, 0.717) is 12.6 Å². The number of carbonyl (C=O) groups is 1. The smallest absolute Gasteiger partial charge is 0.308 e. The Morgan fingerprint density at radius 1 is 1.32 bits per heavy atom. The number of carboxylic acid groups (broad SMARTS) is 1. The number of carboxylic acids is 1. The van der Waals surface area contributed by atoms with Crippen molar-refractivity contribution < 1.29 is 14.6 Å². The molecule has 19 heavy (non-hydrogen) atoms. The van der Waals surface area contributed by atoms with Gasteiger partial charge >= 0.3 is 5.97 Å². The lowest BCUT2D eigenvalue weighted by molar-refractivity contribution is -0.142. The van der Waals surface area contributed by atoms with Crippen LogP contribution in [-0.4, -0.2) is 47.3 Å². The highest BCUT2D eigenvalue weighted by atomic mass is 16.5. The van der Waals surface area contributed by atoms with Crippen molar-refractivity contribution in [2.24, 2.45) is 11.8 Å². The van der Waals surface area contributed by atoms with Crippen molar-refractivity contribution in [3.05, 3.63) is 0 Å². The van der Waals surface area contributed by atoms with Gasteiger partial charge in [0.05, 0.1) is 17.6 Å². The van der Waals surface area contributed by atoms with Crippen LogP contribution in [0.5, 0.6) is 0 Å². The zero-order chi connectivity index (χ0) is 13.5. The van der Waals surface area contributed by atoms with Crippen molar-refractivity contribution in [1.82, 2.24) is 4.90 Å². The van der Waals surface area contributed by atoms with Crippen LogP contribution in [-0.2, 0) is 9.53 Å². The third kappa shape index (κ3) is 2.65. The molecule has 1 spiro atoms. The molecule has 2 aliphatic heterocycles. The Bertz CT molecular complexity index is 351. The van der Waals surface area contributed by atoms with Crippen LogP contribution in [0.15, 0.2) is 0 Å². The van der Waals surface area contributed by atoms with Gasteiger partial charge in [-0.2, -0.15) is 0 Å². The van der Waals surface area contributed by atoms with Crippen LogP contribution >= 0.6 is 0 Å². The van der Waals surface area contributed by atoms with E-state index in [1.165, 1.54) is 32.1 Å². The lowest BCUT2D eigenvalue weighted by Gasteiger charge is -2.26. The van der Waals surface area contributed by atoms with Crippen LogP contribution in [0.4, 0.5) is 0 Å². The summed E-state index contributed by atoms with van der Waals surface area (Å²) in [6.07, 6.45) is 7.79. The van der Waals surface area contributed by atoms with Crippen LogP contribution in [0.25, 0.3) is 0 Å². The Labute approximate surface area is 115 Å². The maximum Gasteiger partial charge on any atom is 0.308 e. The first-order valence-electron chi connectivity index (χ1n) is 7.71. The molecule has 2 heterocycles. The number of hydrogen-bond donors (Lipinski definition) is 1. The first-order chi connectivity index (χ1) is 9.08. The second-order valence-electron chi connectivity index (χ2n) is 6.81. The Balaban J connectivity index is 1.52. The molecule has 1 saturated carbocycles. The monoisotopic (exact) mass is 267 g/mol. The fourth-order valence-corrected chi connectivity index (χ4v) is 4.24. The van der Waals surface area contributed by atoms with Crippen LogP contribution in [0.1, 0.15) is 45.4 Å². The summed E-state index contributed by atoms with van der Waals surface area (Å²) in [7, 11) is 0. The summed E-state index contributed by atoms with van der Waals surface area (Å²) >= 11 is 0. The average Bonchev–Trinajstić information content (AvgIpc) is 3.04. The van der Waals surface area contributed by atoms with Crippen LogP contribution in [0.2, 0.25) is 0 Å². The summed E-state index contributed by atoms with van der Waals surface area (Å²) < 4.78 is 6.31. The number of aliphatic carboxylic acids is 1. The van der Waals surface area contributed by atoms with Gasteiger partial charge in [0, 0.05) is 19.6 Å². The second-order valence-corrected chi connectivity index (χ2v) is 6.81. The van der Waals surface area contributed by atoms with Crippen LogP contribution < -0.4 is 0 Å². The van der Waals surface area contributed by atoms with E-state index in [9.17, 15) is 9.90 Å². The van der Waals surface area contributed by atoms with Gasteiger partial charge < -0.3 is 9.84 Å². The fourth-order valence-electron chi connectivity index (χ4n) is 4.24. The molecule has 2 saturated heterocycles. The maximum absolute atomic E-state index is 11.1. The molecule has 1 N–H and O–H groups in total. The first kappa shape index (κ1) is 13.4. The van der Waals surface area contributed by atoms with E-state index in [-0.39, 0.29) is 17.4 Å². The molecule has 3 atom stereocenters. The molecule has 0 aromatic heterocycles. The predicted octanol–water partition coefficient (Wildman–Crippen LogP) is 2.13. The van der Waals surface area contributed by atoms with Gasteiger partial charge in [0.15, 0.2) is 0 Å². The third-order valence-electron chi connectivity index (χ3n) is 5.32. The zero-order valence-corrected chi connectivity index (χ0v) is 11.8. The first-order valence-corrected chi connectivity index (χ1v) is 7.71. The largest absolute Gasteiger partial charge is 0.481 e. The molecule has 0 amide bonds.